The van der Waals surface area contributed by atoms with Gasteiger partial charge in [-0.05, 0) is 45.3 Å². The van der Waals surface area contributed by atoms with Crippen molar-refractivity contribution in [1.29, 1.82) is 0 Å². The molecule has 4 nitrogen and oxygen atoms in total. The van der Waals surface area contributed by atoms with Crippen molar-refractivity contribution < 1.29 is 14.6 Å². The van der Waals surface area contributed by atoms with Crippen molar-refractivity contribution in [3.8, 4) is 11.5 Å². The van der Waals surface area contributed by atoms with Crippen LogP contribution in [0.3, 0.4) is 0 Å². The van der Waals surface area contributed by atoms with Crippen LogP contribution in [0.25, 0.3) is 6.08 Å². The van der Waals surface area contributed by atoms with E-state index < -0.39 is 0 Å². The van der Waals surface area contributed by atoms with E-state index in [-0.39, 0.29) is 11.7 Å². The van der Waals surface area contributed by atoms with Gasteiger partial charge >= 0.3 is 0 Å². The topological polar surface area (TPSA) is 49.8 Å². The fourth-order valence-electron chi connectivity index (χ4n) is 2.39. The summed E-state index contributed by atoms with van der Waals surface area (Å²) in [5, 5.41) is 9.89. The third kappa shape index (κ3) is 3.89. The molecule has 25 heavy (non-hydrogen) atoms. The van der Waals surface area contributed by atoms with Gasteiger partial charge in [0.2, 0.25) is 0 Å². The first kappa shape index (κ1) is 18.0. The number of ether oxygens (including phenoxy) is 1. The van der Waals surface area contributed by atoms with E-state index in [4.69, 9.17) is 17.0 Å². The number of methoxy groups -OCH3 is 1. The molecule has 2 aromatic rings. The number of hydrogen-bond donors (Lipinski definition) is 1. The lowest BCUT2D eigenvalue weighted by Crippen LogP contribution is -2.27. The minimum absolute atomic E-state index is 0.0243. The maximum absolute atomic E-state index is 12.7. The van der Waals surface area contributed by atoms with E-state index >= 15 is 0 Å². The molecule has 0 spiro atoms. The number of halogens is 1. The second-order valence-corrected chi connectivity index (χ2v) is 7.84. The number of hydrogen-bond acceptors (Lipinski definition) is 5. The molecule has 1 heterocycles. The molecule has 2 aromatic carbocycles. The lowest BCUT2D eigenvalue weighted by Gasteiger charge is -2.14. The summed E-state index contributed by atoms with van der Waals surface area (Å²) in [5.41, 5.74) is 1.76. The van der Waals surface area contributed by atoms with Crippen LogP contribution < -0.4 is 4.74 Å². The van der Waals surface area contributed by atoms with Gasteiger partial charge in [0.15, 0.2) is 11.5 Å². The number of carbonyl (C=O) groups excluding carboxylic acids is 1. The number of benzene rings is 2. The summed E-state index contributed by atoms with van der Waals surface area (Å²) in [7, 11) is 1.48. The monoisotopic (exact) mass is 435 g/mol. The second-order valence-electron chi connectivity index (χ2n) is 5.31. The minimum atomic E-state index is -0.123. The van der Waals surface area contributed by atoms with Gasteiger partial charge in [0.05, 0.1) is 23.0 Å². The first-order valence-electron chi connectivity index (χ1n) is 7.35. The van der Waals surface area contributed by atoms with E-state index in [1.807, 2.05) is 30.3 Å². The van der Waals surface area contributed by atoms with E-state index in [2.05, 4.69) is 15.9 Å². The van der Waals surface area contributed by atoms with Crippen LogP contribution in [0.1, 0.15) is 11.1 Å². The van der Waals surface area contributed by atoms with Gasteiger partial charge in [-0.25, -0.2) is 0 Å². The number of nitrogens with zero attached hydrogens (tertiary/aromatic N) is 1. The van der Waals surface area contributed by atoms with Gasteiger partial charge in [-0.3, -0.25) is 9.69 Å². The molecule has 0 unspecified atom stereocenters. The van der Waals surface area contributed by atoms with E-state index in [0.29, 0.717) is 26.0 Å². The Balaban J connectivity index is 1.87. The van der Waals surface area contributed by atoms with Crippen molar-refractivity contribution in [3.05, 3.63) is 63.0 Å². The molecule has 128 valence electrons. The van der Waals surface area contributed by atoms with Crippen molar-refractivity contribution >= 4 is 56.2 Å². The Hall–Kier alpha value is -1.83. The SMILES string of the molecule is COc1cc(C=C2SC(=S)N(Cc3ccccc3)C2=O)cc(Br)c1O. The quantitative estimate of drug-likeness (QED) is 0.563. The highest BCUT2D eigenvalue weighted by molar-refractivity contribution is 9.10. The van der Waals surface area contributed by atoms with Gasteiger partial charge in [0.1, 0.15) is 4.32 Å². The Labute approximate surface area is 163 Å². The number of rotatable bonds is 4. The van der Waals surface area contributed by atoms with E-state index in [1.165, 1.54) is 18.9 Å². The average Bonchev–Trinajstić information content (AvgIpc) is 2.86. The molecule has 7 heteroatoms. The van der Waals surface area contributed by atoms with E-state index in [0.717, 1.165) is 11.1 Å². The molecule has 0 atom stereocenters. The Kier molecular flexibility index (Phi) is 5.46. The fraction of sp³-hybridized carbons (Fsp3) is 0.111. The number of thiocarbonyl (C=S) groups is 1. The lowest BCUT2D eigenvalue weighted by molar-refractivity contribution is -0.122. The minimum Gasteiger partial charge on any atom is -0.503 e. The zero-order valence-electron chi connectivity index (χ0n) is 13.2. The van der Waals surface area contributed by atoms with Crippen molar-refractivity contribution in [2.24, 2.45) is 0 Å². The highest BCUT2D eigenvalue weighted by atomic mass is 79.9. The summed E-state index contributed by atoms with van der Waals surface area (Å²) in [5.74, 6) is 0.235. The number of thioether (sulfide) groups is 1. The zero-order valence-corrected chi connectivity index (χ0v) is 16.5. The van der Waals surface area contributed by atoms with Crippen LogP contribution in [0.5, 0.6) is 11.5 Å². The summed E-state index contributed by atoms with van der Waals surface area (Å²) >= 11 is 9.91. The average molecular weight is 436 g/mol. The molecule has 1 aliphatic heterocycles. The molecule has 0 aliphatic carbocycles. The first-order valence-corrected chi connectivity index (χ1v) is 9.37. The molecule has 0 radical (unpaired) electrons. The third-order valence-corrected chi connectivity index (χ3v) is 5.61. The molecule has 0 bridgehead atoms. The highest BCUT2D eigenvalue weighted by Crippen LogP contribution is 2.38. The lowest BCUT2D eigenvalue weighted by atomic mass is 10.1. The van der Waals surface area contributed by atoms with Crippen LogP contribution in [0, 0.1) is 0 Å². The van der Waals surface area contributed by atoms with Gasteiger partial charge < -0.3 is 9.84 Å². The zero-order chi connectivity index (χ0) is 18.0. The molecule has 1 N–H and O–H groups in total. The molecule has 1 amide bonds. The fourth-order valence-corrected chi connectivity index (χ4v) is 4.10. The van der Waals surface area contributed by atoms with Crippen LogP contribution in [-0.4, -0.2) is 27.3 Å². The number of carbonyl (C=O) groups is 1. The summed E-state index contributed by atoms with van der Waals surface area (Å²) in [6.07, 6.45) is 1.75. The standard InChI is InChI=1S/C18H14BrNO3S2/c1-23-14-8-12(7-13(19)16(14)21)9-15-17(22)20(18(24)25-15)10-11-5-3-2-4-6-11/h2-9,21H,10H2,1H3. The molecular weight excluding hydrogens is 422 g/mol. The van der Waals surface area contributed by atoms with Gasteiger partial charge in [-0.1, -0.05) is 54.3 Å². The van der Waals surface area contributed by atoms with Crippen LogP contribution in [0.15, 0.2) is 51.8 Å². The Morgan fingerprint density at radius 2 is 2.04 bits per heavy atom. The molecule has 1 fully saturated rings. The molecule has 1 aliphatic rings. The van der Waals surface area contributed by atoms with E-state index in [1.54, 1.807) is 23.1 Å². The number of phenols is 1. The number of amides is 1. The highest BCUT2D eigenvalue weighted by Gasteiger charge is 2.32. The summed E-state index contributed by atoms with van der Waals surface area (Å²) in [6, 6.07) is 13.1. The Morgan fingerprint density at radius 3 is 2.72 bits per heavy atom. The first-order chi connectivity index (χ1) is 12.0. The van der Waals surface area contributed by atoms with Gasteiger partial charge in [-0.15, -0.1) is 0 Å². The Bertz CT molecular complexity index is 868. The van der Waals surface area contributed by atoms with Crippen molar-refractivity contribution in [2.75, 3.05) is 7.11 Å². The van der Waals surface area contributed by atoms with Crippen LogP contribution in [0.4, 0.5) is 0 Å². The van der Waals surface area contributed by atoms with Gasteiger partial charge in [0, 0.05) is 0 Å². The molecule has 0 aromatic heterocycles. The summed E-state index contributed by atoms with van der Waals surface area (Å²) in [6.45, 7) is 0.450. The van der Waals surface area contributed by atoms with Crippen LogP contribution in [-0.2, 0) is 11.3 Å². The third-order valence-electron chi connectivity index (χ3n) is 3.63. The smallest absolute Gasteiger partial charge is 0.266 e. The second kappa shape index (κ2) is 7.59. The molecule has 1 saturated heterocycles. The maximum atomic E-state index is 12.7. The molecule has 0 saturated carbocycles. The van der Waals surface area contributed by atoms with Crippen molar-refractivity contribution in [1.82, 2.24) is 4.90 Å². The largest absolute Gasteiger partial charge is 0.503 e. The van der Waals surface area contributed by atoms with Crippen LogP contribution >= 0.6 is 39.9 Å². The van der Waals surface area contributed by atoms with Crippen LogP contribution in [0.2, 0.25) is 0 Å². The summed E-state index contributed by atoms with van der Waals surface area (Å²) in [4.78, 5) is 14.8. The normalized spacial score (nSPS) is 15.9. The molecule has 3 rings (SSSR count). The number of phenolic OH excluding ortho intramolecular Hbond substituents is 1. The Morgan fingerprint density at radius 1 is 1.32 bits per heavy atom. The van der Waals surface area contributed by atoms with Gasteiger partial charge in [0.25, 0.3) is 5.91 Å². The van der Waals surface area contributed by atoms with Gasteiger partial charge in [-0.2, -0.15) is 0 Å². The summed E-state index contributed by atoms with van der Waals surface area (Å²) < 4.78 is 6.17. The maximum Gasteiger partial charge on any atom is 0.266 e. The molecular formula is C18H14BrNO3S2. The van der Waals surface area contributed by atoms with Crippen molar-refractivity contribution in [2.45, 2.75) is 6.54 Å². The predicted molar refractivity (Wildman–Crippen MR) is 108 cm³/mol. The van der Waals surface area contributed by atoms with Crippen molar-refractivity contribution in [3.63, 3.8) is 0 Å². The predicted octanol–water partition coefficient (Wildman–Crippen LogP) is 4.56. The van der Waals surface area contributed by atoms with E-state index in [9.17, 15) is 9.90 Å². The number of aromatic hydroxyl groups is 1.